The van der Waals surface area contributed by atoms with Gasteiger partial charge in [-0.1, -0.05) is 0 Å². The maximum atomic E-state index is 12.4. The van der Waals surface area contributed by atoms with Crippen molar-refractivity contribution < 1.29 is 9.90 Å². The van der Waals surface area contributed by atoms with Gasteiger partial charge in [0, 0.05) is 30.5 Å². The zero-order valence-electron chi connectivity index (χ0n) is 11.7. The number of fused-ring (bicyclic) bond motifs is 1. The molecule has 4 heteroatoms. The number of carbonyl (C=O) groups is 1. The molecule has 2 rings (SSSR count). The molecule has 1 N–H and O–H groups in total. The van der Waals surface area contributed by atoms with Gasteiger partial charge >= 0.3 is 0 Å². The van der Waals surface area contributed by atoms with E-state index in [4.69, 9.17) is 5.11 Å². The zero-order chi connectivity index (χ0) is 13.7. The van der Waals surface area contributed by atoms with E-state index >= 15 is 0 Å². The largest absolute Gasteiger partial charge is 0.396 e. The van der Waals surface area contributed by atoms with Gasteiger partial charge in [-0.15, -0.1) is 11.3 Å². The molecule has 0 atom stereocenters. The van der Waals surface area contributed by atoms with E-state index in [-0.39, 0.29) is 12.5 Å². The van der Waals surface area contributed by atoms with E-state index in [2.05, 4.69) is 0 Å². The van der Waals surface area contributed by atoms with E-state index in [0.29, 0.717) is 0 Å². The molecule has 1 heterocycles. The van der Waals surface area contributed by atoms with Gasteiger partial charge in [0.05, 0.1) is 5.56 Å². The van der Waals surface area contributed by atoms with Crippen molar-refractivity contribution in [2.45, 2.75) is 44.9 Å². The first-order valence-corrected chi connectivity index (χ1v) is 8.07. The summed E-state index contributed by atoms with van der Waals surface area (Å²) < 4.78 is 0. The van der Waals surface area contributed by atoms with E-state index in [1.165, 1.54) is 23.3 Å². The number of hydrogen-bond acceptors (Lipinski definition) is 3. The summed E-state index contributed by atoms with van der Waals surface area (Å²) >= 11 is 1.75. The summed E-state index contributed by atoms with van der Waals surface area (Å²) in [5, 5.41) is 10.8. The van der Waals surface area contributed by atoms with Crippen LogP contribution in [0.25, 0.3) is 0 Å². The maximum Gasteiger partial charge on any atom is 0.254 e. The Labute approximate surface area is 119 Å². The van der Waals surface area contributed by atoms with E-state index in [1.54, 1.807) is 11.3 Å². The normalized spacial score (nSPS) is 14.2. The lowest BCUT2D eigenvalue weighted by molar-refractivity contribution is 0.0791. The van der Waals surface area contributed by atoms with Crippen molar-refractivity contribution >= 4 is 17.2 Å². The topological polar surface area (TPSA) is 40.5 Å². The smallest absolute Gasteiger partial charge is 0.254 e. The highest BCUT2D eigenvalue weighted by molar-refractivity contribution is 7.10. The van der Waals surface area contributed by atoms with Crippen LogP contribution in [0.5, 0.6) is 0 Å². The van der Waals surface area contributed by atoms with Gasteiger partial charge in [-0.25, -0.2) is 0 Å². The quantitative estimate of drug-likeness (QED) is 0.815. The molecule has 1 aliphatic rings. The van der Waals surface area contributed by atoms with Gasteiger partial charge in [-0.2, -0.15) is 0 Å². The molecule has 0 spiro atoms. The summed E-state index contributed by atoms with van der Waals surface area (Å²) in [4.78, 5) is 15.7. The lowest BCUT2D eigenvalue weighted by Crippen LogP contribution is -2.28. The van der Waals surface area contributed by atoms with Crippen LogP contribution in [0.2, 0.25) is 0 Å². The van der Waals surface area contributed by atoms with Crippen LogP contribution in [-0.4, -0.2) is 36.1 Å². The molecule has 0 aliphatic heterocycles. The van der Waals surface area contributed by atoms with Crippen LogP contribution in [0, 0.1) is 0 Å². The van der Waals surface area contributed by atoms with Crippen LogP contribution >= 0.6 is 11.3 Å². The number of aliphatic hydroxyl groups excluding tert-OH is 1. The van der Waals surface area contributed by atoms with Crippen molar-refractivity contribution in [3.63, 3.8) is 0 Å². The maximum absolute atomic E-state index is 12.4. The summed E-state index contributed by atoms with van der Waals surface area (Å²) in [7, 11) is 1.88. The first-order chi connectivity index (χ1) is 9.24. The fourth-order valence-corrected chi connectivity index (χ4v) is 3.74. The average Bonchev–Trinajstić information content (AvgIpc) is 2.86. The molecule has 0 fully saturated rings. The molecule has 0 saturated heterocycles. The Kier molecular flexibility index (Phi) is 5.40. The Morgan fingerprint density at radius 1 is 1.32 bits per heavy atom. The molecule has 0 saturated carbocycles. The van der Waals surface area contributed by atoms with Crippen LogP contribution in [0.3, 0.4) is 0 Å². The molecule has 1 aromatic rings. The number of aryl methyl sites for hydroxylation is 1. The van der Waals surface area contributed by atoms with Crippen LogP contribution in [0.1, 0.15) is 52.9 Å². The van der Waals surface area contributed by atoms with Crippen molar-refractivity contribution in [2.75, 3.05) is 20.2 Å². The Morgan fingerprint density at radius 3 is 2.89 bits per heavy atom. The van der Waals surface area contributed by atoms with Crippen molar-refractivity contribution in [2.24, 2.45) is 0 Å². The summed E-state index contributed by atoms with van der Waals surface area (Å²) in [5.41, 5.74) is 2.24. The van der Waals surface area contributed by atoms with Gasteiger partial charge in [0.15, 0.2) is 0 Å². The summed E-state index contributed by atoms with van der Waals surface area (Å²) in [6.45, 7) is 1.03. The van der Waals surface area contributed by atoms with E-state index in [1.807, 2.05) is 17.3 Å². The summed E-state index contributed by atoms with van der Waals surface area (Å²) in [6, 6.07) is 0. The number of rotatable bonds is 6. The Bertz CT molecular complexity index is 428. The second-order valence-corrected chi connectivity index (χ2v) is 6.23. The first kappa shape index (κ1) is 14.5. The molecule has 106 valence electrons. The van der Waals surface area contributed by atoms with Crippen molar-refractivity contribution in [1.29, 1.82) is 0 Å². The minimum absolute atomic E-state index is 0.170. The van der Waals surface area contributed by atoms with Crippen molar-refractivity contribution in [3.05, 3.63) is 21.4 Å². The predicted molar refractivity (Wildman–Crippen MR) is 78.9 cm³/mol. The molecular weight excluding hydrogens is 258 g/mol. The van der Waals surface area contributed by atoms with Gasteiger partial charge in [-0.05, 0) is 50.5 Å². The number of unbranched alkanes of at least 4 members (excludes halogenated alkanes) is 2. The number of hydrogen-bond donors (Lipinski definition) is 1. The number of carbonyl (C=O) groups excluding carboxylic acids is 1. The monoisotopic (exact) mass is 281 g/mol. The third kappa shape index (κ3) is 3.57. The standard InChI is InChI=1S/C15H23NO2S/c1-16(9-5-2-6-10-17)15(18)13-11-19-14-8-4-3-7-12(13)14/h11,17H,2-10H2,1H3. The SMILES string of the molecule is CN(CCCCCO)C(=O)c1csc2c1CCCC2. The average molecular weight is 281 g/mol. The molecule has 0 unspecified atom stereocenters. The molecular formula is C15H23NO2S. The lowest BCUT2D eigenvalue weighted by Gasteiger charge is -2.19. The second-order valence-electron chi connectivity index (χ2n) is 5.27. The minimum Gasteiger partial charge on any atom is -0.396 e. The van der Waals surface area contributed by atoms with E-state index in [0.717, 1.165) is 44.2 Å². The Balaban J connectivity index is 1.93. The third-order valence-corrected chi connectivity index (χ3v) is 4.88. The van der Waals surface area contributed by atoms with Gasteiger partial charge in [0.25, 0.3) is 5.91 Å². The highest BCUT2D eigenvalue weighted by atomic mass is 32.1. The fraction of sp³-hybridized carbons (Fsp3) is 0.667. The predicted octanol–water partition coefficient (Wildman–Crippen LogP) is 2.86. The zero-order valence-corrected chi connectivity index (χ0v) is 12.5. The van der Waals surface area contributed by atoms with Crippen molar-refractivity contribution in [1.82, 2.24) is 4.90 Å². The van der Waals surface area contributed by atoms with Gasteiger partial charge in [-0.3, -0.25) is 4.79 Å². The third-order valence-electron chi connectivity index (χ3n) is 3.79. The second kappa shape index (κ2) is 7.06. The minimum atomic E-state index is 0.170. The van der Waals surface area contributed by atoms with Crippen molar-refractivity contribution in [3.8, 4) is 0 Å². The Morgan fingerprint density at radius 2 is 2.11 bits per heavy atom. The fourth-order valence-electron chi connectivity index (χ4n) is 2.62. The first-order valence-electron chi connectivity index (χ1n) is 7.19. The summed E-state index contributed by atoms with van der Waals surface area (Å²) in [5.74, 6) is 0.170. The molecule has 0 aromatic carbocycles. The van der Waals surface area contributed by atoms with E-state index < -0.39 is 0 Å². The summed E-state index contributed by atoms with van der Waals surface area (Å²) in [6.07, 6.45) is 7.47. The molecule has 3 nitrogen and oxygen atoms in total. The highest BCUT2D eigenvalue weighted by Gasteiger charge is 2.21. The molecule has 0 radical (unpaired) electrons. The molecule has 1 aliphatic carbocycles. The molecule has 1 aromatic heterocycles. The number of aliphatic hydroxyl groups is 1. The van der Waals surface area contributed by atoms with Gasteiger partial charge < -0.3 is 10.0 Å². The molecule has 1 amide bonds. The van der Waals surface area contributed by atoms with Gasteiger partial charge in [0.2, 0.25) is 0 Å². The lowest BCUT2D eigenvalue weighted by atomic mass is 9.95. The number of amides is 1. The number of thiophene rings is 1. The molecule has 0 bridgehead atoms. The van der Waals surface area contributed by atoms with Crippen LogP contribution < -0.4 is 0 Å². The molecule has 19 heavy (non-hydrogen) atoms. The number of nitrogens with zero attached hydrogens (tertiary/aromatic N) is 1. The van der Waals surface area contributed by atoms with Crippen LogP contribution in [-0.2, 0) is 12.8 Å². The Hall–Kier alpha value is -0.870. The van der Waals surface area contributed by atoms with Gasteiger partial charge in [0.1, 0.15) is 0 Å². The van der Waals surface area contributed by atoms with Crippen LogP contribution in [0.15, 0.2) is 5.38 Å². The highest BCUT2D eigenvalue weighted by Crippen LogP contribution is 2.30. The van der Waals surface area contributed by atoms with E-state index in [9.17, 15) is 4.79 Å². The van der Waals surface area contributed by atoms with Crippen LogP contribution in [0.4, 0.5) is 0 Å².